The number of nitrogens with one attached hydrogen (secondary N) is 1. The zero-order valence-electron chi connectivity index (χ0n) is 19.6. The average Bonchev–Trinajstić information content (AvgIpc) is 3.28. The van der Waals surface area contributed by atoms with Crippen LogP contribution in [0.25, 0.3) is 17.1 Å². The van der Waals surface area contributed by atoms with Gasteiger partial charge in [0.1, 0.15) is 6.33 Å². The van der Waals surface area contributed by atoms with Gasteiger partial charge in [0.25, 0.3) is 0 Å². The summed E-state index contributed by atoms with van der Waals surface area (Å²) in [7, 11) is 3.61. The number of ether oxygens (including phenoxy) is 1. The molecule has 3 heterocycles. The number of halogens is 1. The van der Waals surface area contributed by atoms with Crippen LogP contribution in [0.1, 0.15) is 28.3 Å². The molecule has 1 N–H and O–H groups in total. The minimum atomic E-state index is 0.575. The lowest BCUT2D eigenvalue weighted by Gasteiger charge is -2.09. The van der Waals surface area contributed by atoms with Crippen LogP contribution < -0.4 is 5.32 Å². The third kappa shape index (κ3) is 4.62. The van der Waals surface area contributed by atoms with Crippen LogP contribution >= 0.6 is 11.6 Å². The summed E-state index contributed by atoms with van der Waals surface area (Å²) in [4.78, 5) is 8.93. The lowest BCUT2D eigenvalue weighted by molar-refractivity contribution is 0.182. The second kappa shape index (κ2) is 9.72. The number of hydrogen-bond acceptors (Lipinski definition) is 6. The van der Waals surface area contributed by atoms with Crippen molar-refractivity contribution in [3.05, 3.63) is 70.0 Å². The number of hydrogen-bond donors (Lipinski definition) is 1. The molecule has 4 rings (SSSR count). The molecular weight excluding hydrogens is 438 g/mol. The number of benzene rings is 1. The molecule has 0 fully saturated rings. The minimum Gasteiger partial charge on any atom is -0.388 e. The number of aryl methyl sites for hydroxylation is 1. The first-order valence-corrected chi connectivity index (χ1v) is 11.2. The Morgan fingerprint density at radius 1 is 1.06 bits per heavy atom. The molecule has 0 amide bonds. The molecule has 33 heavy (non-hydrogen) atoms. The first-order valence-electron chi connectivity index (χ1n) is 10.8. The molecule has 0 radical (unpaired) electrons. The summed E-state index contributed by atoms with van der Waals surface area (Å²) in [6, 6.07) is 10.2. The van der Waals surface area contributed by atoms with E-state index in [1.165, 1.54) is 0 Å². The molecule has 0 aliphatic rings. The highest BCUT2D eigenvalue weighted by Gasteiger charge is 2.18. The fourth-order valence-corrected chi connectivity index (χ4v) is 3.98. The molecule has 0 atom stereocenters. The lowest BCUT2D eigenvalue weighted by atomic mass is 10.0. The SMILES string of the molecule is CNc1ccc(-c2nn(CCOC)c(Cc3cc(-n4nc(C)c(Cl)c4C)ncn3)c2C)cc1. The fourth-order valence-electron chi connectivity index (χ4n) is 3.86. The largest absolute Gasteiger partial charge is 0.388 e. The average molecular weight is 466 g/mol. The Bertz CT molecular complexity index is 1260. The standard InChI is InChI=1S/C24H28ClN7O/c1-15-21(12-20-13-22(28-14-27-20)32-17(3)23(25)16(2)29-32)31(10-11-33-5)30-24(15)18-6-8-19(26-4)9-7-18/h6-9,13-14,26H,10-12H2,1-5H3. The van der Waals surface area contributed by atoms with Gasteiger partial charge in [0.15, 0.2) is 5.82 Å². The molecule has 0 spiro atoms. The number of anilines is 1. The first-order chi connectivity index (χ1) is 15.9. The van der Waals surface area contributed by atoms with Crippen LogP contribution in [0, 0.1) is 20.8 Å². The molecule has 3 aromatic heterocycles. The van der Waals surface area contributed by atoms with Crippen molar-refractivity contribution >= 4 is 17.3 Å². The molecule has 4 aromatic rings. The Morgan fingerprint density at radius 2 is 1.82 bits per heavy atom. The van der Waals surface area contributed by atoms with Gasteiger partial charge in [-0.05, 0) is 38.5 Å². The smallest absolute Gasteiger partial charge is 0.157 e. The monoisotopic (exact) mass is 465 g/mol. The van der Waals surface area contributed by atoms with Crippen molar-refractivity contribution in [2.45, 2.75) is 33.7 Å². The van der Waals surface area contributed by atoms with Gasteiger partial charge in [-0.3, -0.25) is 4.68 Å². The van der Waals surface area contributed by atoms with E-state index >= 15 is 0 Å². The molecule has 0 saturated carbocycles. The second-order valence-corrected chi connectivity index (χ2v) is 8.28. The molecule has 0 saturated heterocycles. The van der Waals surface area contributed by atoms with Crippen LogP contribution in [-0.2, 0) is 17.7 Å². The third-order valence-electron chi connectivity index (χ3n) is 5.75. The molecule has 1 aromatic carbocycles. The number of methoxy groups -OCH3 is 1. The van der Waals surface area contributed by atoms with E-state index < -0.39 is 0 Å². The predicted molar refractivity (Wildman–Crippen MR) is 130 cm³/mol. The van der Waals surface area contributed by atoms with Gasteiger partial charge in [0.2, 0.25) is 0 Å². The molecule has 9 heteroatoms. The molecule has 0 aliphatic heterocycles. The molecule has 0 aliphatic carbocycles. The summed E-state index contributed by atoms with van der Waals surface area (Å²) in [5.74, 6) is 0.691. The minimum absolute atomic E-state index is 0.575. The van der Waals surface area contributed by atoms with Gasteiger partial charge in [-0.1, -0.05) is 23.7 Å². The maximum absolute atomic E-state index is 6.33. The molecule has 0 bridgehead atoms. The number of aromatic nitrogens is 6. The second-order valence-electron chi connectivity index (χ2n) is 7.90. The number of rotatable bonds is 8. The van der Waals surface area contributed by atoms with E-state index in [-0.39, 0.29) is 0 Å². The molecular formula is C24H28ClN7O. The third-order valence-corrected chi connectivity index (χ3v) is 6.30. The van der Waals surface area contributed by atoms with Crippen LogP contribution in [0.15, 0.2) is 36.7 Å². The molecule has 172 valence electrons. The van der Waals surface area contributed by atoms with Gasteiger partial charge >= 0.3 is 0 Å². The topological polar surface area (TPSA) is 82.7 Å². The highest BCUT2D eigenvalue weighted by Crippen LogP contribution is 2.28. The summed E-state index contributed by atoms with van der Waals surface area (Å²) < 4.78 is 9.09. The summed E-state index contributed by atoms with van der Waals surface area (Å²) in [5.41, 5.74) is 7.82. The number of nitrogens with zero attached hydrogens (tertiary/aromatic N) is 6. The summed E-state index contributed by atoms with van der Waals surface area (Å²) >= 11 is 6.33. The van der Waals surface area contributed by atoms with Crippen molar-refractivity contribution in [3.8, 4) is 17.1 Å². The van der Waals surface area contributed by atoms with E-state index in [4.69, 9.17) is 21.4 Å². The van der Waals surface area contributed by atoms with Crippen LogP contribution in [0.2, 0.25) is 5.02 Å². The van der Waals surface area contributed by atoms with Gasteiger partial charge < -0.3 is 10.1 Å². The Morgan fingerprint density at radius 3 is 2.45 bits per heavy atom. The maximum atomic E-state index is 6.33. The molecule has 0 unspecified atom stereocenters. The van der Waals surface area contributed by atoms with E-state index in [2.05, 4.69) is 51.6 Å². The van der Waals surface area contributed by atoms with E-state index in [0.29, 0.717) is 30.4 Å². The van der Waals surface area contributed by atoms with Crippen LogP contribution in [-0.4, -0.2) is 50.3 Å². The van der Waals surface area contributed by atoms with Crippen molar-refractivity contribution in [2.24, 2.45) is 0 Å². The molecule has 8 nitrogen and oxygen atoms in total. The highest BCUT2D eigenvalue weighted by atomic mass is 35.5. The van der Waals surface area contributed by atoms with Gasteiger partial charge in [0.05, 0.1) is 40.9 Å². The highest BCUT2D eigenvalue weighted by molar-refractivity contribution is 6.31. The van der Waals surface area contributed by atoms with Crippen molar-refractivity contribution in [1.29, 1.82) is 0 Å². The summed E-state index contributed by atoms with van der Waals surface area (Å²) in [5, 5.41) is 13.2. The van der Waals surface area contributed by atoms with Crippen molar-refractivity contribution in [2.75, 3.05) is 26.1 Å². The van der Waals surface area contributed by atoms with Gasteiger partial charge in [-0.2, -0.15) is 10.2 Å². The first kappa shape index (κ1) is 22.9. The van der Waals surface area contributed by atoms with E-state index in [0.717, 1.165) is 45.3 Å². The summed E-state index contributed by atoms with van der Waals surface area (Å²) in [6.07, 6.45) is 2.18. The van der Waals surface area contributed by atoms with E-state index in [9.17, 15) is 0 Å². The van der Waals surface area contributed by atoms with Crippen LogP contribution in [0.5, 0.6) is 0 Å². The Hall–Kier alpha value is -3.23. The maximum Gasteiger partial charge on any atom is 0.157 e. The van der Waals surface area contributed by atoms with Crippen molar-refractivity contribution in [1.82, 2.24) is 29.5 Å². The van der Waals surface area contributed by atoms with Gasteiger partial charge in [-0.15, -0.1) is 0 Å². The predicted octanol–water partition coefficient (Wildman–Crippen LogP) is 4.38. The zero-order valence-corrected chi connectivity index (χ0v) is 20.3. The van der Waals surface area contributed by atoms with Crippen LogP contribution in [0.3, 0.4) is 0 Å². The quantitative estimate of drug-likeness (QED) is 0.415. The van der Waals surface area contributed by atoms with E-state index in [1.54, 1.807) is 18.1 Å². The van der Waals surface area contributed by atoms with Gasteiger partial charge in [0, 0.05) is 43.6 Å². The normalized spacial score (nSPS) is 11.2. The van der Waals surface area contributed by atoms with Crippen molar-refractivity contribution in [3.63, 3.8) is 0 Å². The fraction of sp³-hybridized carbons (Fsp3) is 0.333. The van der Waals surface area contributed by atoms with Crippen LogP contribution in [0.4, 0.5) is 5.69 Å². The Labute approximate surface area is 198 Å². The Kier molecular flexibility index (Phi) is 6.76. The Balaban J connectivity index is 1.71. The van der Waals surface area contributed by atoms with E-state index in [1.807, 2.05) is 31.6 Å². The lowest BCUT2D eigenvalue weighted by Crippen LogP contribution is -2.11. The van der Waals surface area contributed by atoms with Crippen molar-refractivity contribution < 1.29 is 4.74 Å². The zero-order chi connectivity index (χ0) is 23.5. The van der Waals surface area contributed by atoms with Gasteiger partial charge in [-0.25, -0.2) is 14.6 Å². The summed E-state index contributed by atoms with van der Waals surface area (Å²) in [6.45, 7) is 7.16.